The first-order chi connectivity index (χ1) is 10.1. The van der Waals surface area contributed by atoms with Crippen molar-refractivity contribution in [3.05, 3.63) is 58.6 Å². The van der Waals surface area contributed by atoms with E-state index in [9.17, 15) is 4.79 Å². The summed E-state index contributed by atoms with van der Waals surface area (Å²) in [6.07, 6.45) is 0. The van der Waals surface area contributed by atoms with Crippen LogP contribution in [0.15, 0.2) is 42.5 Å². The van der Waals surface area contributed by atoms with Crippen LogP contribution in [-0.4, -0.2) is 12.5 Å². The van der Waals surface area contributed by atoms with Crippen molar-refractivity contribution >= 4 is 28.9 Å². The summed E-state index contributed by atoms with van der Waals surface area (Å²) in [4.78, 5) is 11.8. The molecule has 0 aromatic heterocycles. The van der Waals surface area contributed by atoms with E-state index in [-0.39, 0.29) is 5.91 Å². The monoisotopic (exact) mass is 303 g/mol. The molecule has 2 rings (SSSR count). The molecule has 0 spiro atoms. The number of benzene rings is 2. The minimum Gasteiger partial charge on any atom is -0.397 e. The Morgan fingerprint density at radius 1 is 1.19 bits per heavy atom. The molecule has 0 saturated heterocycles. The van der Waals surface area contributed by atoms with Gasteiger partial charge in [0.05, 0.1) is 11.4 Å². The van der Waals surface area contributed by atoms with E-state index in [1.807, 2.05) is 31.2 Å². The normalized spacial score (nSPS) is 10.2. The van der Waals surface area contributed by atoms with Crippen LogP contribution in [-0.2, 0) is 6.54 Å². The number of carbonyl (C=O) groups is 1. The maximum Gasteiger partial charge on any atom is 0.251 e. The summed E-state index contributed by atoms with van der Waals surface area (Å²) in [6, 6.07) is 12.8. The van der Waals surface area contributed by atoms with Gasteiger partial charge in [-0.15, -0.1) is 0 Å². The number of hydrogen-bond donors (Lipinski definition) is 3. The first-order valence-corrected chi connectivity index (χ1v) is 7.14. The van der Waals surface area contributed by atoms with Crippen LogP contribution >= 0.6 is 11.6 Å². The molecule has 5 heteroatoms. The van der Waals surface area contributed by atoms with Crippen LogP contribution in [0.4, 0.5) is 11.4 Å². The number of nitrogens with two attached hydrogens (primary N) is 1. The summed E-state index contributed by atoms with van der Waals surface area (Å²) in [7, 11) is 0. The fourth-order valence-corrected chi connectivity index (χ4v) is 2.04. The third-order valence-corrected chi connectivity index (χ3v) is 3.30. The second-order valence-electron chi connectivity index (χ2n) is 4.64. The summed E-state index contributed by atoms with van der Waals surface area (Å²) in [6.45, 7) is 3.09. The highest BCUT2D eigenvalue weighted by atomic mass is 35.5. The number of anilines is 2. The van der Waals surface area contributed by atoms with Crippen molar-refractivity contribution < 1.29 is 4.79 Å². The van der Waals surface area contributed by atoms with E-state index in [4.69, 9.17) is 17.3 Å². The van der Waals surface area contributed by atoms with Crippen molar-refractivity contribution in [3.63, 3.8) is 0 Å². The molecule has 0 atom stereocenters. The Hall–Kier alpha value is -2.20. The highest BCUT2D eigenvalue weighted by molar-refractivity contribution is 6.30. The molecule has 0 aliphatic carbocycles. The Morgan fingerprint density at radius 3 is 2.57 bits per heavy atom. The molecule has 0 bridgehead atoms. The van der Waals surface area contributed by atoms with Gasteiger partial charge in [0, 0.05) is 23.7 Å². The smallest absolute Gasteiger partial charge is 0.251 e. The van der Waals surface area contributed by atoms with Gasteiger partial charge in [-0.1, -0.05) is 23.7 Å². The largest absolute Gasteiger partial charge is 0.397 e. The lowest BCUT2D eigenvalue weighted by atomic mass is 10.1. The topological polar surface area (TPSA) is 67.2 Å². The Balaban J connectivity index is 2.10. The fraction of sp³-hybridized carbons (Fsp3) is 0.188. The van der Waals surface area contributed by atoms with E-state index in [0.29, 0.717) is 29.4 Å². The second-order valence-corrected chi connectivity index (χ2v) is 5.08. The number of halogens is 1. The predicted octanol–water partition coefficient (Wildman–Crippen LogP) is 3.28. The average Bonchev–Trinajstić information content (AvgIpc) is 2.48. The molecular weight excluding hydrogens is 286 g/mol. The van der Waals surface area contributed by atoms with Crippen LogP contribution in [0.2, 0.25) is 5.02 Å². The summed E-state index contributed by atoms with van der Waals surface area (Å²) in [5.74, 6) is -0.105. The number of hydrogen-bond acceptors (Lipinski definition) is 3. The lowest BCUT2D eigenvalue weighted by Crippen LogP contribution is -2.22. The van der Waals surface area contributed by atoms with Crippen LogP contribution in [0.25, 0.3) is 0 Å². The zero-order valence-corrected chi connectivity index (χ0v) is 12.6. The van der Waals surface area contributed by atoms with Crippen LogP contribution in [0, 0.1) is 0 Å². The van der Waals surface area contributed by atoms with Gasteiger partial charge in [-0.2, -0.15) is 0 Å². The Kier molecular flexibility index (Phi) is 5.06. The summed E-state index contributed by atoms with van der Waals surface area (Å²) < 4.78 is 0. The molecule has 4 N–H and O–H groups in total. The lowest BCUT2D eigenvalue weighted by molar-refractivity contribution is 0.0956. The van der Waals surface area contributed by atoms with E-state index in [0.717, 1.165) is 11.3 Å². The standard InChI is InChI=1S/C16H18ClN3O/c1-2-19-16(21)12-5-8-14(18)15(9-12)20-10-11-3-6-13(17)7-4-11/h3-9,20H,2,10,18H2,1H3,(H,19,21). The first kappa shape index (κ1) is 15.2. The van der Waals surface area contributed by atoms with Gasteiger partial charge in [0.25, 0.3) is 5.91 Å². The van der Waals surface area contributed by atoms with Gasteiger partial charge in [0.15, 0.2) is 0 Å². The van der Waals surface area contributed by atoms with Crippen molar-refractivity contribution in [2.45, 2.75) is 13.5 Å². The molecule has 0 aliphatic heterocycles. The Labute approximate surface area is 129 Å². The molecular formula is C16H18ClN3O. The zero-order valence-electron chi connectivity index (χ0n) is 11.8. The quantitative estimate of drug-likeness (QED) is 0.743. The lowest BCUT2D eigenvalue weighted by Gasteiger charge is -2.11. The van der Waals surface area contributed by atoms with Crippen molar-refractivity contribution in [3.8, 4) is 0 Å². The third-order valence-electron chi connectivity index (χ3n) is 3.05. The summed E-state index contributed by atoms with van der Waals surface area (Å²) in [5.41, 5.74) is 8.96. The molecule has 0 fully saturated rings. The molecule has 21 heavy (non-hydrogen) atoms. The van der Waals surface area contributed by atoms with Gasteiger partial charge >= 0.3 is 0 Å². The van der Waals surface area contributed by atoms with Crippen LogP contribution < -0.4 is 16.4 Å². The van der Waals surface area contributed by atoms with Crippen molar-refractivity contribution in [1.29, 1.82) is 0 Å². The zero-order chi connectivity index (χ0) is 15.2. The first-order valence-electron chi connectivity index (χ1n) is 6.76. The molecule has 4 nitrogen and oxygen atoms in total. The molecule has 1 amide bonds. The minimum atomic E-state index is -0.105. The minimum absolute atomic E-state index is 0.105. The van der Waals surface area contributed by atoms with E-state index >= 15 is 0 Å². The molecule has 0 radical (unpaired) electrons. The van der Waals surface area contributed by atoms with Gasteiger partial charge in [-0.3, -0.25) is 4.79 Å². The maximum absolute atomic E-state index is 11.8. The Bertz CT molecular complexity index is 626. The number of nitrogens with one attached hydrogen (secondary N) is 2. The second kappa shape index (κ2) is 6.99. The fourth-order valence-electron chi connectivity index (χ4n) is 1.91. The summed E-state index contributed by atoms with van der Waals surface area (Å²) >= 11 is 5.85. The molecule has 0 aliphatic rings. The molecule has 110 valence electrons. The third kappa shape index (κ3) is 4.13. The Morgan fingerprint density at radius 2 is 1.90 bits per heavy atom. The maximum atomic E-state index is 11.8. The van der Waals surface area contributed by atoms with Gasteiger partial charge in [0.2, 0.25) is 0 Å². The van der Waals surface area contributed by atoms with Gasteiger partial charge < -0.3 is 16.4 Å². The van der Waals surface area contributed by atoms with E-state index in [1.54, 1.807) is 18.2 Å². The van der Waals surface area contributed by atoms with E-state index in [2.05, 4.69) is 10.6 Å². The van der Waals surface area contributed by atoms with Crippen LogP contribution in [0.1, 0.15) is 22.8 Å². The highest BCUT2D eigenvalue weighted by Crippen LogP contribution is 2.21. The number of amides is 1. The average molecular weight is 304 g/mol. The van der Waals surface area contributed by atoms with Gasteiger partial charge in [0.1, 0.15) is 0 Å². The summed E-state index contributed by atoms with van der Waals surface area (Å²) in [5, 5.41) is 6.71. The van der Waals surface area contributed by atoms with Crippen LogP contribution in [0.3, 0.4) is 0 Å². The molecule has 2 aromatic rings. The van der Waals surface area contributed by atoms with E-state index < -0.39 is 0 Å². The highest BCUT2D eigenvalue weighted by Gasteiger charge is 2.07. The molecule has 0 unspecified atom stereocenters. The van der Waals surface area contributed by atoms with Crippen molar-refractivity contribution in [2.75, 3.05) is 17.6 Å². The number of nitrogen functional groups attached to an aromatic ring is 1. The van der Waals surface area contributed by atoms with Crippen molar-refractivity contribution in [1.82, 2.24) is 5.32 Å². The SMILES string of the molecule is CCNC(=O)c1ccc(N)c(NCc2ccc(Cl)cc2)c1. The molecule has 2 aromatic carbocycles. The van der Waals surface area contributed by atoms with Crippen LogP contribution in [0.5, 0.6) is 0 Å². The predicted molar refractivity (Wildman–Crippen MR) is 87.6 cm³/mol. The van der Waals surface area contributed by atoms with Crippen molar-refractivity contribution in [2.24, 2.45) is 0 Å². The van der Waals surface area contributed by atoms with Gasteiger partial charge in [-0.25, -0.2) is 0 Å². The van der Waals surface area contributed by atoms with Gasteiger partial charge in [-0.05, 0) is 42.8 Å². The van der Waals surface area contributed by atoms with E-state index in [1.165, 1.54) is 0 Å². The molecule has 0 saturated carbocycles. The molecule has 0 heterocycles. The number of rotatable bonds is 5. The number of carbonyl (C=O) groups excluding carboxylic acids is 1.